The zero-order valence-electron chi connectivity index (χ0n) is 8.90. The SMILES string of the molecule is CC=CC(C)(C(=O)O)C(=O)OC(C)C. The van der Waals surface area contributed by atoms with Crippen LogP contribution in [0.15, 0.2) is 12.2 Å². The summed E-state index contributed by atoms with van der Waals surface area (Å²) in [5.41, 5.74) is -1.58. The van der Waals surface area contributed by atoms with E-state index in [2.05, 4.69) is 0 Å². The number of esters is 1. The Labute approximate surface area is 83.6 Å². The molecule has 80 valence electrons. The molecule has 0 aromatic heterocycles. The fourth-order valence-corrected chi connectivity index (χ4v) is 0.896. The van der Waals surface area contributed by atoms with Gasteiger partial charge >= 0.3 is 11.9 Å². The van der Waals surface area contributed by atoms with Crippen LogP contribution in [0.3, 0.4) is 0 Å². The summed E-state index contributed by atoms with van der Waals surface area (Å²) in [6, 6.07) is 0. The molecule has 4 nitrogen and oxygen atoms in total. The third-order valence-electron chi connectivity index (χ3n) is 1.71. The summed E-state index contributed by atoms with van der Waals surface area (Å²) < 4.78 is 4.86. The van der Waals surface area contributed by atoms with Gasteiger partial charge in [-0.15, -0.1) is 0 Å². The monoisotopic (exact) mass is 200 g/mol. The maximum Gasteiger partial charge on any atom is 0.327 e. The van der Waals surface area contributed by atoms with Gasteiger partial charge in [0.05, 0.1) is 6.10 Å². The van der Waals surface area contributed by atoms with Crippen molar-refractivity contribution >= 4 is 11.9 Å². The van der Waals surface area contributed by atoms with Gasteiger partial charge in [-0.05, 0) is 27.7 Å². The molecule has 4 heteroatoms. The third-order valence-corrected chi connectivity index (χ3v) is 1.71. The van der Waals surface area contributed by atoms with Gasteiger partial charge in [-0.3, -0.25) is 9.59 Å². The molecule has 0 fully saturated rings. The summed E-state index contributed by atoms with van der Waals surface area (Å²) in [6.45, 7) is 6.33. The van der Waals surface area contributed by atoms with Crippen molar-refractivity contribution in [2.75, 3.05) is 0 Å². The third kappa shape index (κ3) is 2.87. The van der Waals surface area contributed by atoms with Crippen molar-refractivity contribution in [2.24, 2.45) is 5.41 Å². The molecule has 1 N–H and O–H groups in total. The normalized spacial score (nSPS) is 15.5. The molecule has 0 aromatic rings. The van der Waals surface area contributed by atoms with E-state index >= 15 is 0 Å². The van der Waals surface area contributed by atoms with Crippen LogP contribution in [-0.2, 0) is 14.3 Å². The molecular formula is C10H16O4. The highest BCUT2D eigenvalue weighted by molar-refractivity contribution is 6.00. The average Bonchev–Trinajstić information content (AvgIpc) is 2.02. The molecule has 1 atom stereocenters. The highest BCUT2D eigenvalue weighted by Crippen LogP contribution is 2.21. The van der Waals surface area contributed by atoms with E-state index in [1.807, 2.05) is 0 Å². The van der Waals surface area contributed by atoms with Gasteiger partial charge in [0, 0.05) is 0 Å². The lowest BCUT2D eigenvalue weighted by Crippen LogP contribution is -2.37. The first-order valence-corrected chi connectivity index (χ1v) is 4.43. The van der Waals surface area contributed by atoms with E-state index in [-0.39, 0.29) is 6.10 Å². The molecule has 1 unspecified atom stereocenters. The topological polar surface area (TPSA) is 63.6 Å². The van der Waals surface area contributed by atoms with Crippen LogP contribution in [0.25, 0.3) is 0 Å². The van der Waals surface area contributed by atoms with Crippen LogP contribution in [0.4, 0.5) is 0 Å². The minimum atomic E-state index is -1.58. The number of hydrogen-bond donors (Lipinski definition) is 1. The van der Waals surface area contributed by atoms with Gasteiger partial charge in [-0.2, -0.15) is 0 Å². The van der Waals surface area contributed by atoms with Crippen molar-refractivity contribution in [1.82, 2.24) is 0 Å². The quantitative estimate of drug-likeness (QED) is 0.425. The van der Waals surface area contributed by atoms with Crippen LogP contribution in [0.1, 0.15) is 27.7 Å². The van der Waals surface area contributed by atoms with Crippen LogP contribution < -0.4 is 0 Å². The van der Waals surface area contributed by atoms with Crippen molar-refractivity contribution in [3.63, 3.8) is 0 Å². The number of rotatable bonds is 4. The predicted octanol–water partition coefficient (Wildman–Crippen LogP) is 1.60. The van der Waals surface area contributed by atoms with E-state index in [9.17, 15) is 9.59 Å². The Balaban J connectivity index is 4.83. The molecule has 0 aliphatic rings. The van der Waals surface area contributed by atoms with Crippen LogP contribution in [0.2, 0.25) is 0 Å². The number of carbonyl (C=O) groups is 2. The lowest BCUT2D eigenvalue weighted by molar-refractivity contribution is -0.166. The second-order valence-corrected chi connectivity index (χ2v) is 3.46. The van der Waals surface area contributed by atoms with Crippen LogP contribution in [-0.4, -0.2) is 23.1 Å². The highest BCUT2D eigenvalue weighted by Gasteiger charge is 2.40. The van der Waals surface area contributed by atoms with E-state index in [1.165, 1.54) is 19.1 Å². The first-order valence-electron chi connectivity index (χ1n) is 4.43. The first-order chi connectivity index (χ1) is 6.34. The van der Waals surface area contributed by atoms with Gasteiger partial charge in [0.15, 0.2) is 5.41 Å². The standard InChI is InChI=1S/C10H16O4/c1-5-6-10(4,8(11)12)9(13)14-7(2)3/h5-7H,1-4H3,(H,11,12). The molecule has 0 bridgehead atoms. The molecule has 0 saturated heterocycles. The Morgan fingerprint density at radius 3 is 2.21 bits per heavy atom. The first kappa shape index (κ1) is 12.7. The van der Waals surface area contributed by atoms with Crippen molar-refractivity contribution in [3.05, 3.63) is 12.2 Å². The second-order valence-electron chi connectivity index (χ2n) is 3.46. The Morgan fingerprint density at radius 2 is 1.93 bits per heavy atom. The zero-order chi connectivity index (χ0) is 11.4. The van der Waals surface area contributed by atoms with Gasteiger partial charge in [-0.1, -0.05) is 12.2 Å². The van der Waals surface area contributed by atoms with Gasteiger partial charge in [0.2, 0.25) is 0 Å². The molecule has 0 aliphatic heterocycles. The fraction of sp³-hybridized carbons (Fsp3) is 0.600. The molecule has 0 radical (unpaired) electrons. The second kappa shape index (κ2) is 4.79. The molecular weight excluding hydrogens is 184 g/mol. The molecule has 0 heterocycles. The minimum absolute atomic E-state index is 0.313. The Kier molecular flexibility index (Phi) is 4.34. The summed E-state index contributed by atoms with van der Waals surface area (Å²) in [5.74, 6) is -1.95. The summed E-state index contributed by atoms with van der Waals surface area (Å²) in [5, 5.41) is 8.89. The number of hydrogen-bond acceptors (Lipinski definition) is 3. The van der Waals surface area contributed by atoms with Crippen molar-refractivity contribution < 1.29 is 19.4 Å². The highest BCUT2D eigenvalue weighted by atomic mass is 16.5. The minimum Gasteiger partial charge on any atom is -0.480 e. The van der Waals surface area contributed by atoms with Gasteiger partial charge in [-0.25, -0.2) is 0 Å². The number of aliphatic carboxylic acids is 1. The summed E-state index contributed by atoms with van der Waals surface area (Å²) in [7, 11) is 0. The number of carbonyl (C=O) groups excluding carboxylic acids is 1. The molecule has 0 rings (SSSR count). The Bertz CT molecular complexity index is 255. The van der Waals surface area contributed by atoms with Gasteiger partial charge in [0.1, 0.15) is 0 Å². The summed E-state index contributed by atoms with van der Waals surface area (Å²) >= 11 is 0. The number of ether oxygens (including phenoxy) is 1. The lowest BCUT2D eigenvalue weighted by atomic mass is 9.90. The van der Waals surface area contributed by atoms with Crippen LogP contribution >= 0.6 is 0 Å². The van der Waals surface area contributed by atoms with E-state index in [0.717, 1.165) is 0 Å². The Morgan fingerprint density at radius 1 is 1.43 bits per heavy atom. The maximum absolute atomic E-state index is 11.5. The largest absolute Gasteiger partial charge is 0.480 e. The van der Waals surface area contributed by atoms with Crippen LogP contribution in [0.5, 0.6) is 0 Å². The molecule has 0 spiro atoms. The van der Waals surface area contributed by atoms with Crippen molar-refractivity contribution in [3.8, 4) is 0 Å². The number of carboxylic acids is 1. The molecule has 0 aromatic carbocycles. The molecule has 0 aliphatic carbocycles. The van der Waals surface area contributed by atoms with Gasteiger partial charge in [0.25, 0.3) is 0 Å². The fourth-order valence-electron chi connectivity index (χ4n) is 0.896. The molecule has 0 amide bonds. The molecule has 14 heavy (non-hydrogen) atoms. The number of allylic oxidation sites excluding steroid dienone is 1. The van der Waals surface area contributed by atoms with Crippen LogP contribution in [0, 0.1) is 5.41 Å². The average molecular weight is 200 g/mol. The maximum atomic E-state index is 11.5. The zero-order valence-corrected chi connectivity index (χ0v) is 8.90. The molecule has 0 saturated carbocycles. The van der Waals surface area contributed by atoms with Crippen molar-refractivity contribution in [2.45, 2.75) is 33.8 Å². The van der Waals surface area contributed by atoms with Gasteiger partial charge < -0.3 is 9.84 Å². The predicted molar refractivity (Wildman–Crippen MR) is 51.8 cm³/mol. The smallest absolute Gasteiger partial charge is 0.327 e. The number of carboxylic acid groups (broad SMARTS) is 1. The van der Waals surface area contributed by atoms with E-state index in [1.54, 1.807) is 20.8 Å². The van der Waals surface area contributed by atoms with E-state index < -0.39 is 17.4 Å². The van der Waals surface area contributed by atoms with E-state index in [4.69, 9.17) is 9.84 Å². The van der Waals surface area contributed by atoms with E-state index in [0.29, 0.717) is 0 Å². The Hall–Kier alpha value is -1.32. The lowest BCUT2D eigenvalue weighted by Gasteiger charge is -2.20. The summed E-state index contributed by atoms with van der Waals surface area (Å²) in [6.07, 6.45) is 2.53. The summed E-state index contributed by atoms with van der Waals surface area (Å²) in [4.78, 5) is 22.3. The van der Waals surface area contributed by atoms with Crippen molar-refractivity contribution in [1.29, 1.82) is 0 Å².